The minimum atomic E-state index is 0.143. The molecule has 3 heteroatoms. The molecule has 3 aromatic rings. The molecule has 0 bridgehead atoms. The van der Waals surface area contributed by atoms with E-state index in [9.17, 15) is 10.2 Å². The third-order valence-electron chi connectivity index (χ3n) is 6.66. The lowest BCUT2D eigenvalue weighted by molar-refractivity contribution is 0.245. The van der Waals surface area contributed by atoms with E-state index in [-0.39, 0.29) is 12.4 Å². The molecule has 4 rings (SSSR count). The van der Waals surface area contributed by atoms with E-state index < -0.39 is 0 Å². The van der Waals surface area contributed by atoms with Crippen molar-refractivity contribution >= 4 is 16.7 Å². The normalized spacial score (nSPS) is 15.2. The third-order valence-corrected chi connectivity index (χ3v) is 6.66. The van der Waals surface area contributed by atoms with Crippen molar-refractivity contribution in [3.05, 3.63) is 107 Å². The van der Waals surface area contributed by atoms with Gasteiger partial charge in [0, 0.05) is 25.7 Å². The fourth-order valence-corrected chi connectivity index (χ4v) is 4.75. The van der Waals surface area contributed by atoms with Gasteiger partial charge in [-0.15, -0.1) is 0 Å². The van der Waals surface area contributed by atoms with E-state index in [1.807, 2.05) is 30.3 Å². The highest BCUT2D eigenvalue weighted by Crippen LogP contribution is 2.37. The van der Waals surface area contributed by atoms with Crippen LogP contribution in [0.4, 0.5) is 0 Å². The fourth-order valence-electron chi connectivity index (χ4n) is 4.75. The molecule has 0 aliphatic carbocycles. The van der Waals surface area contributed by atoms with Crippen molar-refractivity contribution in [1.29, 1.82) is 0 Å². The number of hydrogen-bond acceptors (Lipinski definition) is 3. The number of aromatic hydroxyl groups is 1. The molecule has 0 unspecified atom stereocenters. The third kappa shape index (κ3) is 5.67. The summed E-state index contributed by atoms with van der Waals surface area (Å²) in [6, 6.07) is 27.3. The van der Waals surface area contributed by atoms with Crippen molar-refractivity contribution in [2.24, 2.45) is 0 Å². The highest BCUT2D eigenvalue weighted by molar-refractivity contribution is 5.99. The second-order valence-corrected chi connectivity index (χ2v) is 9.24. The zero-order valence-corrected chi connectivity index (χ0v) is 20.2. The Kier molecular flexibility index (Phi) is 7.99. The highest BCUT2D eigenvalue weighted by Gasteiger charge is 2.17. The van der Waals surface area contributed by atoms with Crippen LogP contribution in [0.25, 0.3) is 16.7 Å². The number of hydrogen-bond donors (Lipinski definition) is 2. The second-order valence-electron chi connectivity index (χ2n) is 9.24. The predicted molar refractivity (Wildman–Crippen MR) is 143 cm³/mol. The van der Waals surface area contributed by atoms with E-state index in [1.54, 1.807) is 6.07 Å². The minimum absolute atomic E-state index is 0.143. The van der Waals surface area contributed by atoms with Crippen LogP contribution in [-0.2, 0) is 0 Å². The Balaban J connectivity index is 1.77. The summed E-state index contributed by atoms with van der Waals surface area (Å²) in [5, 5.41) is 19.8. The summed E-state index contributed by atoms with van der Waals surface area (Å²) in [6.07, 6.45) is 4.87. The summed E-state index contributed by atoms with van der Waals surface area (Å²) < 4.78 is 0. The summed E-state index contributed by atoms with van der Waals surface area (Å²) in [7, 11) is 0. The molecule has 0 fully saturated rings. The fraction of sp³-hybridized carbons (Fsp3) is 0.290. The quantitative estimate of drug-likeness (QED) is 0.377. The maximum Gasteiger partial charge on any atom is 0.116 e. The Morgan fingerprint density at radius 3 is 2.24 bits per heavy atom. The first-order valence-corrected chi connectivity index (χ1v) is 12.3. The standard InChI is InChI=1S/C31H35NO2/c1-23(2)32-19-17-25(18-20-32)24-13-15-27(16-14-24)31(28-10-6-11-29(34)22-28)30(12-7-21-33)26-8-4-3-5-9-26/h3-6,8-11,13-17,22-23,33-34H,7,12,18-21H2,1-2H3. The molecule has 3 nitrogen and oxygen atoms in total. The molecule has 1 aliphatic rings. The number of allylic oxidation sites excluding steroid dienone is 1. The molecule has 176 valence electrons. The summed E-state index contributed by atoms with van der Waals surface area (Å²) >= 11 is 0. The molecule has 2 N–H and O–H groups in total. The average molecular weight is 454 g/mol. The number of rotatable bonds is 8. The Labute approximate surface area is 203 Å². The lowest BCUT2D eigenvalue weighted by Crippen LogP contribution is -2.34. The Morgan fingerprint density at radius 1 is 0.882 bits per heavy atom. The molecule has 34 heavy (non-hydrogen) atoms. The SMILES string of the molecule is CC(C)N1CC=C(c2ccc(C(=C(CCCO)c3ccccc3)c3cccc(O)c3)cc2)CC1. The Hall–Kier alpha value is -3.14. The van der Waals surface area contributed by atoms with Gasteiger partial charge in [-0.05, 0) is 84.2 Å². The van der Waals surface area contributed by atoms with E-state index in [0.29, 0.717) is 12.5 Å². The summed E-state index contributed by atoms with van der Waals surface area (Å²) in [6.45, 7) is 6.75. The zero-order valence-electron chi connectivity index (χ0n) is 20.2. The van der Waals surface area contributed by atoms with Crippen molar-refractivity contribution in [3.8, 4) is 5.75 Å². The van der Waals surface area contributed by atoms with Gasteiger partial charge in [-0.1, -0.05) is 72.8 Å². The topological polar surface area (TPSA) is 43.7 Å². The van der Waals surface area contributed by atoms with Crippen molar-refractivity contribution in [2.45, 2.75) is 39.2 Å². The molecule has 0 radical (unpaired) electrons. The molecular formula is C31H35NO2. The number of phenolic OH excluding ortho intramolecular Hbond substituents is 1. The molecule has 1 heterocycles. The van der Waals surface area contributed by atoms with Crippen LogP contribution in [0.5, 0.6) is 5.75 Å². The largest absolute Gasteiger partial charge is 0.508 e. The van der Waals surface area contributed by atoms with Gasteiger partial charge in [-0.3, -0.25) is 4.90 Å². The van der Waals surface area contributed by atoms with Gasteiger partial charge < -0.3 is 10.2 Å². The number of nitrogens with zero attached hydrogens (tertiary/aromatic N) is 1. The van der Waals surface area contributed by atoms with E-state index >= 15 is 0 Å². The molecule has 3 aromatic carbocycles. The van der Waals surface area contributed by atoms with Crippen LogP contribution in [-0.4, -0.2) is 40.9 Å². The van der Waals surface area contributed by atoms with Crippen molar-refractivity contribution < 1.29 is 10.2 Å². The molecule has 0 atom stereocenters. The maximum atomic E-state index is 10.2. The van der Waals surface area contributed by atoms with Crippen LogP contribution in [0, 0.1) is 0 Å². The number of phenols is 1. The van der Waals surface area contributed by atoms with Crippen molar-refractivity contribution in [3.63, 3.8) is 0 Å². The first kappa shape index (κ1) is 24.0. The summed E-state index contributed by atoms with van der Waals surface area (Å²) in [5.74, 6) is 0.253. The van der Waals surface area contributed by atoms with E-state index in [4.69, 9.17) is 0 Å². The first-order valence-electron chi connectivity index (χ1n) is 12.3. The maximum absolute atomic E-state index is 10.2. The molecule has 0 saturated heterocycles. The van der Waals surface area contributed by atoms with Crippen LogP contribution >= 0.6 is 0 Å². The minimum Gasteiger partial charge on any atom is -0.508 e. The average Bonchev–Trinajstić information content (AvgIpc) is 2.87. The molecule has 1 aliphatic heterocycles. The zero-order chi connectivity index (χ0) is 23.9. The van der Waals surface area contributed by atoms with Crippen LogP contribution in [0.1, 0.15) is 55.4 Å². The van der Waals surface area contributed by atoms with Crippen molar-refractivity contribution in [1.82, 2.24) is 4.90 Å². The van der Waals surface area contributed by atoms with E-state index in [2.05, 4.69) is 67.3 Å². The van der Waals surface area contributed by atoms with E-state index in [0.717, 1.165) is 48.2 Å². The molecular weight excluding hydrogens is 418 g/mol. The lowest BCUT2D eigenvalue weighted by atomic mass is 9.86. The van der Waals surface area contributed by atoms with Gasteiger partial charge >= 0.3 is 0 Å². The number of benzene rings is 3. The smallest absolute Gasteiger partial charge is 0.116 e. The summed E-state index contributed by atoms with van der Waals surface area (Å²) in [4.78, 5) is 2.49. The van der Waals surface area contributed by atoms with Gasteiger partial charge in [0.05, 0.1) is 0 Å². The van der Waals surface area contributed by atoms with Gasteiger partial charge in [-0.25, -0.2) is 0 Å². The molecule has 0 saturated carbocycles. The van der Waals surface area contributed by atoms with E-state index in [1.165, 1.54) is 16.7 Å². The Morgan fingerprint density at radius 2 is 1.62 bits per heavy atom. The lowest BCUT2D eigenvalue weighted by Gasteiger charge is -2.29. The number of aliphatic hydroxyl groups is 1. The molecule has 0 spiro atoms. The number of aliphatic hydroxyl groups excluding tert-OH is 1. The van der Waals surface area contributed by atoms with Crippen LogP contribution < -0.4 is 0 Å². The van der Waals surface area contributed by atoms with Gasteiger partial charge in [0.2, 0.25) is 0 Å². The van der Waals surface area contributed by atoms with Gasteiger partial charge in [0.1, 0.15) is 5.75 Å². The Bertz CT molecular complexity index is 1140. The predicted octanol–water partition coefficient (Wildman–Crippen LogP) is 6.62. The van der Waals surface area contributed by atoms with Gasteiger partial charge in [0.15, 0.2) is 0 Å². The summed E-state index contributed by atoms with van der Waals surface area (Å²) in [5.41, 5.74) is 8.21. The van der Waals surface area contributed by atoms with Crippen LogP contribution in [0.2, 0.25) is 0 Å². The molecule has 0 amide bonds. The second kappa shape index (κ2) is 11.3. The van der Waals surface area contributed by atoms with Crippen molar-refractivity contribution in [2.75, 3.05) is 19.7 Å². The van der Waals surface area contributed by atoms with Gasteiger partial charge in [-0.2, -0.15) is 0 Å². The van der Waals surface area contributed by atoms with Gasteiger partial charge in [0.25, 0.3) is 0 Å². The molecule has 0 aromatic heterocycles. The van der Waals surface area contributed by atoms with Crippen LogP contribution in [0.3, 0.4) is 0 Å². The monoisotopic (exact) mass is 453 g/mol. The van der Waals surface area contributed by atoms with Crippen LogP contribution in [0.15, 0.2) is 84.9 Å². The highest BCUT2D eigenvalue weighted by atomic mass is 16.3. The first-order chi connectivity index (χ1) is 16.6.